The molecule has 0 aromatic heterocycles. The highest BCUT2D eigenvalue weighted by Crippen LogP contribution is 2.37. The van der Waals surface area contributed by atoms with Crippen molar-refractivity contribution in [3.8, 4) is 5.75 Å². The van der Waals surface area contributed by atoms with E-state index in [2.05, 4.69) is 24.3 Å². The van der Waals surface area contributed by atoms with Crippen molar-refractivity contribution in [3.63, 3.8) is 0 Å². The number of allylic oxidation sites excluding steroid dienone is 1. The zero-order valence-electron chi connectivity index (χ0n) is 11.6. The Bertz CT molecular complexity index is 388. The highest BCUT2D eigenvalue weighted by atomic mass is 19.1. The molecule has 1 fully saturated rings. The molecule has 1 aromatic rings. The maximum atomic E-state index is 12.0. The average Bonchev–Trinajstić information content (AvgIpc) is 2.47. The van der Waals surface area contributed by atoms with Crippen LogP contribution >= 0.6 is 0 Å². The van der Waals surface area contributed by atoms with Crippen molar-refractivity contribution in [1.29, 1.82) is 0 Å². The maximum Gasteiger partial charge on any atom is 0.119 e. The van der Waals surface area contributed by atoms with Gasteiger partial charge in [-0.25, -0.2) is 4.39 Å². The van der Waals surface area contributed by atoms with E-state index < -0.39 is 0 Å². The lowest BCUT2D eigenvalue weighted by atomic mass is 9.77. The van der Waals surface area contributed by atoms with Crippen LogP contribution in [0.15, 0.2) is 36.7 Å². The van der Waals surface area contributed by atoms with Crippen LogP contribution in [0.3, 0.4) is 0 Å². The number of halogens is 1. The first kappa shape index (κ1) is 14.1. The first-order valence-corrected chi connectivity index (χ1v) is 7.31. The summed E-state index contributed by atoms with van der Waals surface area (Å²) in [7, 11) is 0. The van der Waals surface area contributed by atoms with Gasteiger partial charge in [0.05, 0.1) is 12.9 Å². The fourth-order valence-corrected chi connectivity index (χ4v) is 2.98. The summed E-state index contributed by atoms with van der Waals surface area (Å²) in [6, 6.07) is 8.52. The molecule has 1 aromatic carbocycles. The summed E-state index contributed by atoms with van der Waals surface area (Å²) in [5, 5.41) is 0. The molecule has 0 bridgehead atoms. The van der Waals surface area contributed by atoms with E-state index in [1.54, 1.807) is 6.08 Å². The highest BCUT2D eigenvalue weighted by Gasteiger charge is 2.21. The van der Waals surface area contributed by atoms with Gasteiger partial charge >= 0.3 is 0 Å². The molecule has 0 spiro atoms. The smallest absolute Gasteiger partial charge is 0.119 e. The second-order valence-electron chi connectivity index (χ2n) is 5.32. The van der Waals surface area contributed by atoms with Gasteiger partial charge in [0.1, 0.15) is 5.75 Å². The third-order valence-electron chi connectivity index (χ3n) is 4.07. The van der Waals surface area contributed by atoms with Crippen LogP contribution in [0.4, 0.5) is 4.39 Å². The minimum atomic E-state index is 0.668. The number of ether oxygens (including phenoxy) is 1. The van der Waals surface area contributed by atoms with Crippen LogP contribution in [-0.4, -0.2) is 6.61 Å². The summed E-state index contributed by atoms with van der Waals surface area (Å²) in [4.78, 5) is 0. The van der Waals surface area contributed by atoms with Crippen LogP contribution in [-0.2, 0) is 0 Å². The molecular formula is C17H23FO. The molecule has 0 N–H and O–H groups in total. The Morgan fingerprint density at radius 2 is 1.84 bits per heavy atom. The lowest BCUT2D eigenvalue weighted by Crippen LogP contribution is -2.12. The molecule has 104 valence electrons. The molecule has 1 aliphatic rings. The van der Waals surface area contributed by atoms with E-state index >= 15 is 0 Å². The summed E-state index contributed by atoms with van der Waals surface area (Å²) in [5.74, 6) is 2.29. The predicted octanol–water partition coefficient (Wildman–Crippen LogP) is 5.23. The van der Waals surface area contributed by atoms with Crippen molar-refractivity contribution >= 4 is 0 Å². The van der Waals surface area contributed by atoms with Gasteiger partial charge in [0.2, 0.25) is 0 Å². The van der Waals surface area contributed by atoms with Crippen LogP contribution in [0, 0.1) is 5.92 Å². The van der Waals surface area contributed by atoms with Crippen molar-refractivity contribution in [1.82, 2.24) is 0 Å². The van der Waals surface area contributed by atoms with Gasteiger partial charge in [-0.1, -0.05) is 18.2 Å². The Morgan fingerprint density at radius 1 is 1.16 bits per heavy atom. The summed E-state index contributed by atoms with van der Waals surface area (Å²) in [6.45, 7) is 2.72. The SMILES string of the molecule is CCOc1ccc([C@H]2CC[C@H](CC=CF)CC2)cc1. The summed E-state index contributed by atoms with van der Waals surface area (Å²) >= 11 is 0. The summed E-state index contributed by atoms with van der Waals surface area (Å²) in [5.41, 5.74) is 1.42. The zero-order valence-corrected chi connectivity index (χ0v) is 11.6. The molecule has 0 amide bonds. The first-order valence-electron chi connectivity index (χ1n) is 7.31. The number of hydrogen-bond donors (Lipinski definition) is 0. The van der Waals surface area contributed by atoms with Gasteiger partial charge in [0.25, 0.3) is 0 Å². The largest absolute Gasteiger partial charge is 0.494 e. The molecule has 19 heavy (non-hydrogen) atoms. The molecule has 1 saturated carbocycles. The monoisotopic (exact) mass is 262 g/mol. The Kier molecular flexibility index (Phi) is 5.44. The van der Waals surface area contributed by atoms with Gasteiger partial charge in [0.15, 0.2) is 0 Å². The minimum absolute atomic E-state index is 0.668. The maximum absolute atomic E-state index is 12.0. The van der Waals surface area contributed by atoms with E-state index in [9.17, 15) is 4.39 Å². The quantitative estimate of drug-likeness (QED) is 0.705. The van der Waals surface area contributed by atoms with E-state index in [0.29, 0.717) is 24.8 Å². The standard InChI is InChI=1S/C17H23FO/c1-2-19-17-11-9-16(10-12-17)15-7-5-14(6-8-15)4-3-13-18/h3,9-15H,2,4-8H2,1H3/t14-,15-. The summed E-state index contributed by atoms with van der Waals surface area (Å²) < 4.78 is 17.5. The lowest BCUT2D eigenvalue weighted by Gasteiger charge is -2.28. The topological polar surface area (TPSA) is 9.23 Å². The van der Waals surface area contributed by atoms with Gasteiger partial charge in [-0.15, -0.1) is 0 Å². The second-order valence-corrected chi connectivity index (χ2v) is 5.32. The van der Waals surface area contributed by atoms with Gasteiger partial charge < -0.3 is 4.74 Å². The number of benzene rings is 1. The first-order chi connectivity index (χ1) is 9.33. The Morgan fingerprint density at radius 3 is 2.42 bits per heavy atom. The predicted molar refractivity (Wildman–Crippen MR) is 77.2 cm³/mol. The van der Waals surface area contributed by atoms with E-state index in [1.807, 2.05) is 6.92 Å². The molecule has 0 radical (unpaired) electrons. The fraction of sp³-hybridized carbons (Fsp3) is 0.529. The van der Waals surface area contributed by atoms with Crippen molar-refractivity contribution in [2.75, 3.05) is 6.61 Å². The Labute approximate surface area is 115 Å². The molecular weight excluding hydrogens is 239 g/mol. The van der Waals surface area contributed by atoms with Gasteiger partial charge in [-0.2, -0.15) is 0 Å². The van der Waals surface area contributed by atoms with Gasteiger partial charge in [-0.3, -0.25) is 0 Å². The fourth-order valence-electron chi connectivity index (χ4n) is 2.98. The molecule has 0 atom stereocenters. The van der Waals surface area contributed by atoms with Crippen molar-refractivity contribution in [2.24, 2.45) is 5.92 Å². The van der Waals surface area contributed by atoms with Crippen LogP contribution in [0.1, 0.15) is 50.5 Å². The molecule has 2 heteroatoms. The van der Waals surface area contributed by atoms with Gasteiger partial charge in [0, 0.05) is 0 Å². The van der Waals surface area contributed by atoms with E-state index in [1.165, 1.54) is 31.2 Å². The van der Waals surface area contributed by atoms with Crippen LogP contribution in [0.2, 0.25) is 0 Å². The summed E-state index contributed by atoms with van der Waals surface area (Å²) in [6.07, 6.45) is 8.09. The Hall–Kier alpha value is -1.31. The zero-order chi connectivity index (χ0) is 13.5. The lowest BCUT2D eigenvalue weighted by molar-refractivity contribution is 0.326. The van der Waals surface area contributed by atoms with E-state index in [-0.39, 0.29) is 0 Å². The Balaban J connectivity index is 1.86. The minimum Gasteiger partial charge on any atom is -0.494 e. The van der Waals surface area contributed by atoms with Crippen LogP contribution in [0.25, 0.3) is 0 Å². The van der Waals surface area contributed by atoms with Crippen molar-refractivity contribution < 1.29 is 9.13 Å². The molecule has 0 saturated heterocycles. The number of rotatable bonds is 5. The molecule has 0 aliphatic heterocycles. The third-order valence-corrected chi connectivity index (χ3v) is 4.07. The van der Waals surface area contributed by atoms with Gasteiger partial charge in [-0.05, 0) is 68.6 Å². The van der Waals surface area contributed by atoms with Crippen LogP contribution in [0.5, 0.6) is 5.75 Å². The van der Waals surface area contributed by atoms with E-state index in [4.69, 9.17) is 4.74 Å². The van der Waals surface area contributed by atoms with Crippen molar-refractivity contribution in [2.45, 2.75) is 44.9 Å². The molecule has 0 heterocycles. The molecule has 1 aliphatic carbocycles. The number of hydrogen-bond acceptors (Lipinski definition) is 1. The third kappa shape index (κ3) is 4.09. The highest BCUT2D eigenvalue weighted by molar-refractivity contribution is 5.29. The van der Waals surface area contributed by atoms with E-state index in [0.717, 1.165) is 12.2 Å². The molecule has 1 nitrogen and oxygen atoms in total. The normalized spacial score (nSPS) is 23.7. The van der Waals surface area contributed by atoms with Crippen molar-refractivity contribution in [3.05, 3.63) is 42.2 Å². The molecule has 2 rings (SSSR count). The second kappa shape index (κ2) is 7.32. The molecule has 0 unspecified atom stereocenters. The van der Waals surface area contributed by atoms with Crippen LogP contribution < -0.4 is 4.74 Å². The average molecular weight is 262 g/mol.